The molecule has 0 aromatic rings. The topological polar surface area (TPSA) is 46.5 Å². The molecule has 0 rings (SSSR count). The van der Waals surface area contributed by atoms with Gasteiger partial charge in [0.1, 0.15) is 0 Å². The molecule has 0 bridgehead atoms. The van der Waals surface area contributed by atoms with E-state index in [0.29, 0.717) is 6.61 Å². The normalized spacial score (nSPS) is 12.6. The van der Waals surface area contributed by atoms with Gasteiger partial charge in [-0.05, 0) is 13.3 Å². The smallest absolute Gasteiger partial charge is 0.332 e. The number of hydrogen-bond acceptors (Lipinski definition) is 2. The van der Waals surface area contributed by atoms with Crippen LogP contribution in [0.25, 0.3) is 0 Å². The molecule has 1 atom stereocenters. The second-order valence-electron chi connectivity index (χ2n) is 5.03. The molecule has 0 heterocycles. The number of hydrogen-bond donors (Lipinski definition) is 1. The molecule has 0 fully saturated rings. The van der Waals surface area contributed by atoms with Crippen LogP contribution in [0.3, 0.4) is 0 Å². The van der Waals surface area contributed by atoms with Crippen LogP contribution < -0.4 is 0 Å². The van der Waals surface area contributed by atoms with E-state index in [1.165, 1.54) is 51.4 Å². The van der Waals surface area contributed by atoms with Gasteiger partial charge in [0.05, 0.1) is 0 Å². The molecule has 0 amide bonds. The Bertz CT molecular complexity index is 192. The zero-order chi connectivity index (χ0) is 13.6. The molecular weight excluding hydrogens is 228 g/mol. The highest BCUT2D eigenvalue weighted by atomic mass is 16.5. The third-order valence-electron chi connectivity index (χ3n) is 3.21. The van der Waals surface area contributed by atoms with Gasteiger partial charge in [0.25, 0.3) is 0 Å². The van der Waals surface area contributed by atoms with Crippen molar-refractivity contribution in [2.45, 2.75) is 84.2 Å². The lowest BCUT2D eigenvalue weighted by molar-refractivity contribution is -0.149. The van der Waals surface area contributed by atoms with Gasteiger partial charge >= 0.3 is 5.97 Å². The predicted octanol–water partition coefficient (Wildman–Crippen LogP) is 4.40. The van der Waals surface area contributed by atoms with Gasteiger partial charge in [0.15, 0.2) is 6.10 Å². The standard InChI is InChI=1S/C15H30O3/c1-3-4-5-6-7-8-9-10-11-12-13-18-14(2)15(16)17/h14H,3-13H2,1-2H3,(H,16,17)/t14-/m1/s1. The molecule has 1 N–H and O–H groups in total. The molecule has 3 nitrogen and oxygen atoms in total. The van der Waals surface area contributed by atoms with Gasteiger partial charge in [-0.3, -0.25) is 0 Å². The molecule has 0 aliphatic carbocycles. The number of carboxylic acids is 1. The third kappa shape index (κ3) is 11.9. The maximum atomic E-state index is 10.5. The Morgan fingerprint density at radius 3 is 1.83 bits per heavy atom. The van der Waals surface area contributed by atoms with Crippen LogP contribution in [-0.2, 0) is 9.53 Å². The second-order valence-corrected chi connectivity index (χ2v) is 5.03. The maximum absolute atomic E-state index is 10.5. The molecule has 0 aliphatic heterocycles. The largest absolute Gasteiger partial charge is 0.479 e. The van der Waals surface area contributed by atoms with Crippen molar-refractivity contribution < 1.29 is 14.6 Å². The molecule has 0 saturated carbocycles. The minimum Gasteiger partial charge on any atom is -0.479 e. The highest BCUT2D eigenvalue weighted by molar-refractivity contribution is 5.71. The fourth-order valence-electron chi connectivity index (χ4n) is 1.92. The van der Waals surface area contributed by atoms with E-state index in [2.05, 4.69) is 6.92 Å². The second kappa shape index (κ2) is 12.9. The number of rotatable bonds is 13. The summed E-state index contributed by atoms with van der Waals surface area (Å²) in [4.78, 5) is 10.5. The Labute approximate surface area is 112 Å². The molecule has 0 aliphatic rings. The van der Waals surface area contributed by atoms with Crippen LogP contribution in [0.15, 0.2) is 0 Å². The first kappa shape index (κ1) is 17.4. The van der Waals surface area contributed by atoms with Gasteiger partial charge in [-0.1, -0.05) is 64.7 Å². The number of unbranched alkanes of at least 4 members (excludes halogenated alkanes) is 9. The highest BCUT2D eigenvalue weighted by Gasteiger charge is 2.09. The van der Waals surface area contributed by atoms with Crippen molar-refractivity contribution in [3.63, 3.8) is 0 Å². The summed E-state index contributed by atoms with van der Waals surface area (Å²) in [5.41, 5.74) is 0. The Kier molecular flexibility index (Phi) is 12.5. The van der Waals surface area contributed by atoms with E-state index in [0.717, 1.165) is 12.8 Å². The van der Waals surface area contributed by atoms with Crippen LogP contribution in [-0.4, -0.2) is 23.8 Å². The minimum atomic E-state index is -0.873. The van der Waals surface area contributed by atoms with Crippen molar-refractivity contribution in [2.75, 3.05) is 6.61 Å². The number of aliphatic carboxylic acids is 1. The number of carbonyl (C=O) groups is 1. The molecular formula is C15H30O3. The Morgan fingerprint density at radius 1 is 0.944 bits per heavy atom. The molecule has 0 radical (unpaired) electrons. The van der Waals surface area contributed by atoms with Gasteiger partial charge in [-0.2, -0.15) is 0 Å². The zero-order valence-electron chi connectivity index (χ0n) is 12.1. The fraction of sp³-hybridized carbons (Fsp3) is 0.933. The molecule has 0 spiro atoms. The van der Waals surface area contributed by atoms with Crippen LogP contribution in [0.2, 0.25) is 0 Å². The summed E-state index contributed by atoms with van der Waals surface area (Å²) in [6.45, 7) is 4.40. The van der Waals surface area contributed by atoms with Gasteiger partial charge < -0.3 is 9.84 Å². The Morgan fingerprint density at radius 2 is 1.39 bits per heavy atom. The molecule has 0 aromatic carbocycles. The lowest BCUT2D eigenvalue weighted by Gasteiger charge is -2.07. The van der Waals surface area contributed by atoms with Crippen LogP contribution in [0, 0.1) is 0 Å². The SMILES string of the molecule is CCCCCCCCCCCCO[C@H](C)C(=O)O. The monoisotopic (exact) mass is 258 g/mol. The average molecular weight is 258 g/mol. The van der Waals surface area contributed by atoms with E-state index in [1.54, 1.807) is 6.92 Å². The van der Waals surface area contributed by atoms with Crippen LogP contribution >= 0.6 is 0 Å². The van der Waals surface area contributed by atoms with Gasteiger partial charge in [-0.15, -0.1) is 0 Å². The summed E-state index contributed by atoms with van der Waals surface area (Å²) in [5, 5.41) is 8.62. The number of ether oxygens (including phenoxy) is 1. The summed E-state index contributed by atoms with van der Waals surface area (Å²) in [7, 11) is 0. The summed E-state index contributed by atoms with van der Waals surface area (Å²) >= 11 is 0. The summed E-state index contributed by atoms with van der Waals surface area (Å²) in [5.74, 6) is -0.873. The highest BCUT2D eigenvalue weighted by Crippen LogP contribution is 2.10. The van der Waals surface area contributed by atoms with Gasteiger partial charge in [0, 0.05) is 6.61 Å². The van der Waals surface area contributed by atoms with E-state index in [-0.39, 0.29) is 0 Å². The van der Waals surface area contributed by atoms with Crippen molar-refractivity contribution in [3.8, 4) is 0 Å². The quantitative estimate of drug-likeness (QED) is 0.498. The molecule has 0 unspecified atom stereocenters. The lowest BCUT2D eigenvalue weighted by Crippen LogP contribution is -2.20. The van der Waals surface area contributed by atoms with Crippen molar-refractivity contribution in [1.82, 2.24) is 0 Å². The first-order valence-electron chi connectivity index (χ1n) is 7.53. The zero-order valence-corrected chi connectivity index (χ0v) is 12.1. The molecule has 0 aromatic heterocycles. The molecule has 0 saturated heterocycles. The first-order valence-corrected chi connectivity index (χ1v) is 7.53. The Hall–Kier alpha value is -0.570. The first-order chi connectivity index (χ1) is 8.68. The molecule has 108 valence electrons. The van der Waals surface area contributed by atoms with Gasteiger partial charge in [-0.25, -0.2) is 4.79 Å². The summed E-state index contributed by atoms with van der Waals surface area (Å²) in [6.07, 6.45) is 12.2. The fourth-order valence-corrected chi connectivity index (χ4v) is 1.92. The number of carboxylic acid groups (broad SMARTS) is 1. The Balaban J connectivity index is 3.05. The van der Waals surface area contributed by atoms with Crippen molar-refractivity contribution >= 4 is 5.97 Å². The van der Waals surface area contributed by atoms with Crippen LogP contribution in [0.4, 0.5) is 0 Å². The van der Waals surface area contributed by atoms with E-state index >= 15 is 0 Å². The van der Waals surface area contributed by atoms with E-state index in [1.807, 2.05) is 0 Å². The summed E-state index contributed by atoms with van der Waals surface area (Å²) < 4.78 is 5.18. The van der Waals surface area contributed by atoms with Crippen molar-refractivity contribution in [3.05, 3.63) is 0 Å². The minimum absolute atomic E-state index is 0.573. The van der Waals surface area contributed by atoms with Crippen LogP contribution in [0.1, 0.15) is 78.1 Å². The summed E-state index contributed by atoms with van der Waals surface area (Å²) in [6, 6.07) is 0. The van der Waals surface area contributed by atoms with Crippen molar-refractivity contribution in [1.29, 1.82) is 0 Å². The van der Waals surface area contributed by atoms with E-state index in [4.69, 9.17) is 9.84 Å². The van der Waals surface area contributed by atoms with E-state index in [9.17, 15) is 4.79 Å². The lowest BCUT2D eigenvalue weighted by atomic mass is 10.1. The maximum Gasteiger partial charge on any atom is 0.332 e. The van der Waals surface area contributed by atoms with Gasteiger partial charge in [0.2, 0.25) is 0 Å². The predicted molar refractivity (Wildman–Crippen MR) is 74.9 cm³/mol. The van der Waals surface area contributed by atoms with Crippen LogP contribution in [0.5, 0.6) is 0 Å². The third-order valence-corrected chi connectivity index (χ3v) is 3.21. The molecule has 18 heavy (non-hydrogen) atoms. The van der Waals surface area contributed by atoms with Crippen molar-refractivity contribution in [2.24, 2.45) is 0 Å². The average Bonchev–Trinajstić information content (AvgIpc) is 2.35. The molecule has 3 heteroatoms. The van der Waals surface area contributed by atoms with E-state index < -0.39 is 12.1 Å².